The molecule has 0 bridgehead atoms. The maximum atomic E-state index is 13.3. The fourth-order valence-electron chi connectivity index (χ4n) is 3.55. The first-order chi connectivity index (χ1) is 18.5. The second-order valence-corrected chi connectivity index (χ2v) is 8.12. The molecular weight excluding hydrogens is 491 g/mol. The highest BCUT2D eigenvalue weighted by Crippen LogP contribution is 2.24. The zero-order chi connectivity index (χ0) is 26.5. The maximum Gasteiger partial charge on any atom is 0.292 e. The lowest BCUT2D eigenvalue weighted by molar-refractivity contribution is 0.0947. The third kappa shape index (κ3) is 5.23. The molecule has 0 saturated heterocycles. The SMILES string of the molecule is C/C(=N\NC(=O)c1c(-c2ccccc2)nnn1-c1nonc1N)c1ccc(OCc2ccc(F)cc2)cc1. The largest absolute Gasteiger partial charge is 0.489 e. The average Bonchev–Trinajstić information content (AvgIpc) is 3.58. The number of rotatable bonds is 8. The second-order valence-electron chi connectivity index (χ2n) is 8.12. The van der Waals surface area contributed by atoms with Crippen molar-refractivity contribution in [3.05, 3.63) is 102 Å². The Morgan fingerprint density at radius 1 is 1.05 bits per heavy atom. The highest BCUT2D eigenvalue weighted by Gasteiger charge is 2.26. The molecule has 11 nitrogen and oxygen atoms in total. The van der Waals surface area contributed by atoms with E-state index in [2.05, 4.69) is 35.8 Å². The van der Waals surface area contributed by atoms with Crippen molar-refractivity contribution in [3.8, 4) is 22.8 Å². The van der Waals surface area contributed by atoms with Gasteiger partial charge in [-0.15, -0.1) is 5.10 Å². The van der Waals surface area contributed by atoms with E-state index in [1.165, 1.54) is 12.1 Å². The Kier molecular flexibility index (Phi) is 6.85. The first-order valence-electron chi connectivity index (χ1n) is 11.4. The first kappa shape index (κ1) is 24.3. The Morgan fingerprint density at radius 2 is 1.79 bits per heavy atom. The van der Waals surface area contributed by atoms with Gasteiger partial charge in [-0.05, 0) is 64.8 Å². The number of nitrogen functional groups attached to an aromatic ring is 1. The van der Waals surface area contributed by atoms with Crippen molar-refractivity contribution < 1.29 is 18.6 Å². The number of nitrogens with two attached hydrogens (primary N) is 1. The predicted molar refractivity (Wildman–Crippen MR) is 136 cm³/mol. The van der Waals surface area contributed by atoms with Gasteiger partial charge in [-0.2, -0.15) is 9.78 Å². The van der Waals surface area contributed by atoms with Crippen LogP contribution in [0.4, 0.5) is 10.2 Å². The molecule has 5 rings (SSSR count). The molecule has 0 aliphatic rings. The molecule has 5 aromatic rings. The van der Waals surface area contributed by atoms with E-state index in [0.29, 0.717) is 29.3 Å². The molecule has 38 heavy (non-hydrogen) atoms. The van der Waals surface area contributed by atoms with Crippen molar-refractivity contribution >= 4 is 17.4 Å². The summed E-state index contributed by atoms with van der Waals surface area (Å²) in [5.74, 6) is -0.269. The standard InChI is InChI=1S/C26H21FN8O3/c1-16(18-9-13-21(14-10-18)37-15-17-7-11-20(27)12-8-17)29-31-26(36)23-22(19-5-3-2-4-6-19)30-34-35(23)25-24(28)32-38-33-25/h2-14H,15H2,1H3,(H2,28,32)(H,31,36)/b29-16+. The van der Waals surface area contributed by atoms with Gasteiger partial charge in [-0.3, -0.25) is 4.79 Å². The van der Waals surface area contributed by atoms with E-state index in [1.807, 2.05) is 30.3 Å². The van der Waals surface area contributed by atoms with Crippen LogP contribution in [0.5, 0.6) is 5.75 Å². The molecule has 0 unspecified atom stereocenters. The number of halogens is 1. The predicted octanol–water partition coefficient (Wildman–Crippen LogP) is 3.77. The fourth-order valence-corrected chi connectivity index (χ4v) is 3.55. The summed E-state index contributed by atoms with van der Waals surface area (Å²) < 4.78 is 24.6. The molecule has 0 aliphatic heterocycles. The molecule has 3 aromatic carbocycles. The average molecular weight is 513 g/mol. The van der Waals surface area contributed by atoms with Crippen molar-refractivity contribution in [3.63, 3.8) is 0 Å². The Hall–Kier alpha value is -5.39. The number of anilines is 1. The number of nitrogens with zero attached hydrogens (tertiary/aromatic N) is 6. The van der Waals surface area contributed by atoms with Crippen LogP contribution in [-0.4, -0.2) is 36.9 Å². The number of aromatic nitrogens is 5. The number of ether oxygens (including phenoxy) is 1. The van der Waals surface area contributed by atoms with Gasteiger partial charge in [0.1, 0.15) is 23.9 Å². The molecule has 2 aromatic heterocycles. The summed E-state index contributed by atoms with van der Waals surface area (Å²) in [7, 11) is 0. The zero-order valence-electron chi connectivity index (χ0n) is 20.1. The van der Waals surface area contributed by atoms with Gasteiger partial charge in [-0.1, -0.05) is 47.7 Å². The van der Waals surface area contributed by atoms with Gasteiger partial charge in [0.05, 0.1) is 5.71 Å². The lowest BCUT2D eigenvalue weighted by Gasteiger charge is -2.08. The maximum absolute atomic E-state index is 13.3. The lowest BCUT2D eigenvalue weighted by atomic mass is 10.1. The van der Waals surface area contributed by atoms with E-state index in [9.17, 15) is 9.18 Å². The number of hydrogen-bond acceptors (Lipinski definition) is 9. The number of carbonyl (C=O) groups excluding carboxylic acids is 1. The Labute approximate surface area is 215 Å². The van der Waals surface area contributed by atoms with Gasteiger partial charge < -0.3 is 10.5 Å². The van der Waals surface area contributed by atoms with Gasteiger partial charge in [0.2, 0.25) is 11.6 Å². The van der Waals surface area contributed by atoms with Crippen LogP contribution in [0.15, 0.2) is 88.6 Å². The minimum absolute atomic E-state index is 0.0294. The van der Waals surface area contributed by atoms with E-state index in [1.54, 1.807) is 43.3 Å². The van der Waals surface area contributed by atoms with E-state index in [0.717, 1.165) is 15.8 Å². The van der Waals surface area contributed by atoms with Crippen LogP contribution >= 0.6 is 0 Å². The molecule has 3 N–H and O–H groups in total. The number of hydrazone groups is 1. The highest BCUT2D eigenvalue weighted by atomic mass is 19.1. The molecule has 0 saturated carbocycles. The van der Waals surface area contributed by atoms with Crippen LogP contribution in [-0.2, 0) is 6.61 Å². The van der Waals surface area contributed by atoms with E-state index in [-0.39, 0.29) is 23.1 Å². The third-order valence-electron chi connectivity index (χ3n) is 5.54. The van der Waals surface area contributed by atoms with Crippen molar-refractivity contribution in [1.82, 2.24) is 30.7 Å². The van der Waals surface area contributed by atoms with Crippen molar-refractivity contribution in [1.29, 1.82) is 0 Å². The number of hydrogen-bond donors (Lipinski definition) is 2. The molecule has 0 spiro atoms. The minimum Gasteiger partial charge on any atom is -0.489 e. The van der Waals surface area contributed by atoms with Gasteiger partial charge in [-0.25, -0.2) is 14.4 Å². The van der Waals surface area contributed by atoms with E-state index in [4.69, 9.17) is 10.5 Å². The molecule has 190 valence electrons. The normalized spacial score (nSPS) is 11.4. The molecular formula is C26H21FN8O3. The number of amides is 1. The van der Waals surface area contributed by atoms with Gasteiger partial charge in [0.25, 0.3) is 5.91 Å². The van der Waals surface area contributed by atoms with Gasteiger partial charge >= 0.3 is 0 Å². The summed E-state index contributed by atoms with van der Waals surface area (Å²) >= 11 is 0. The summed E-state index contributed by atoms with van der Waals surface area (Å²) in [6.45, 7) is 2.06. The lowest BCUT2D eigenvalue weighted by Crippen LogP contribution is -2.23. The number of benzene rings is 3. The van der Waals surface area contributed by atoms with E-state index < -0.39 is 5.91 Å². The van der Waals surface area contributed by atoms with Gasteiger partial charge in [0, 0.05) is 5.56 Å². The van der Waals surface area contributed by atoms with Crippen LogP contribution in [0.3, 0.4) is 0 Å². The van der Waals surface area contributed by atoms with Crippen molar-refractivity contribution in [2.24, 2.45) is 5.10 Å². The number of nitrogens with one attached hydrogen (secondary N) is 1. The second kappa shape index (κ2) is 10.7. The monoisotopic (exact) mass is 512 g/mol. The molecule has 0 aliphatic carbocycles. The Morgan fingerprint density at radius 3 is 2.47 bits per heavy atom. The summed E-state index contributed by atoms with van der Waals surface area (Å²) in [5, 5.41) is 19.7. The minimum atomic E-state index is -0.588. The molecule has 0 radical (unpaired) electrons. The third-order valence-corrected chi connectivity index (χ3v) is 5.54. The zero-order valence-corrected chi connectivity index (χ0v) is 20.1. The van der Waals surface area contributed by atoms with Crippen LogP contribution in [0.1, 0.15) is 28.5 Å². The topological polar surface area (TPSA) is 146 Å². The van der Waals surface area contributed by atoms with Crippen LogP contribution in [0.25, 0.3) is 17.1 Å². The summed E-state index contributed by atoms with van der Waals surface area (Å²) in [6, 6.07) is 22.4. The molecule has 0 atom stereocenters. The van der Waals surface area contributed by atoms with Crippen LogP contribution in [0.2, 0.25) is 0 Å². The highest BCUT2D eigenvalue weighted by molar-refractivity contribution is 6.02. The fraction of sp³-hybridized carbons (Fsp3) is 0.0769. The van der Waals surface area contributed by atoms with E-state index >= 15 is 0 Å². The molecule has 12 heteroatoms. The summed E-state index contributed by atoms with van der Waals surface area (Å²) in [4.78, 5) is 13.3. The quantitative estimate of drug-likeness (QED) is 0.236. The number of carbonyl (C=O) groups is 1. The summed E-state index contributed by atoms with van der Waals surface area (Å²) in [5.41, 5.74) is 11.6. The molecule has 1 amide bonds. The Bertz CT molecular complexity index is 1580. The Balaban J connectivity index is 1.33. The van der Waals surface area contributed by atoms with Gasteiger partial charge in [0.15, 0.2) is 5.69 Å². The van der Waals surface area contributed by atoms with Crippen molar-refractivity contribution in [2.75, 3.05) is 5.73 Å². The van der Waals surface area contributed by atoms with Crippen LogP contribution in [0, 0.1) is 5.82 Å². The van der Waals surface area contributed by atoms with Crippen molar-refractivity contribution in [2.45, 2.75) is 13.5 Å². The van der Waals surface area contributed by atoms with Crippen LogP contribution < -0.4 is 15.9 Å². The molecule has 2 heterocycles. The first-order valence-corrected chi connectivity index (χ1v) is 11.4. The molecule has 0 fully saturated rings. The summed E-state index contributed by atoms with van der Waals surface area (Å²) in [6.07, 6.45) is 0. The smallest absolute Gasteiger partial charge is 0.292 e.